The first kappa shape index (κ1) is 17.0. The zero-order valence-electron chi connectivity index (χ0n) is 13.0. The van der Waals surface area contributed by atoms with Crippen LogP contribution in [0.5, 0.6) is 0 Å². The number of carbonyl (C=O) groups is 2. The van der Waals surface area contributed by atoms with Gasteiger partial charge in [0, 0.05) is 5.92 Å². The van der Waals surface area contributed by atoms with Crippen LogP contribution in [0.4, 0.5) is 0 Å². The lowest BCUT2D eigenvalue weighted by Crippen LogP contribution is -2.52. The summed E-state index contributed by atoms with van der Waals surface area (Å²) < 4.78 is 15.7. The third kappa shape index (κ3) is 3.71. The average Bonchev–Trinajstić information content (AvgIpc) is 2.57. The predicted octanol–water partition coefficient (Wildman–Crippen LogP) is 1.34. The SMILES string of the molecule is CCOC(=O)C(=[N+]=[N-])C(=O)C1(C)OCC(c2ccccc2)CO1. The summed E-state index contributed by atoms with van der Waals surface area (Å²) in [6, 6.07) is 9.62. The van der Waals surface area contributed by atoms with E-state index in [1.165, 1.54) is 6.92 Å². The van der Waals surface area contributed by atoms with E-state index < -0.39 is 23.3 Å². The van der Waals surface area contributed by atoms with Crippen molar-refractivity contribution in [3.05, 3.63) is 41.4 Å². The van der Waals surface area contributed by atoms with Gasteiger partial charge in [-0.25, -0.2) is 4.79 Å². The molecule has 0 atom stereocenters. The number of esters is 1. The average molecular weight is 318 g/mol. The molecule has 7 nitrogen and oxygen atoms in total. The molecule has 1 aromatic rings. The van der Waals surface area contributed by atoms with Gasteiger partial charge in [0.2, 0.25) is 5.79 Å². The zero-order chi connectivity index (χ0) is 16.9. The van der Waals surface area contributed by atoms with Crippen molar-refractivity contribution in [2.24, 2.45) is 0 Å². The second-order valence-corrected chi connectivity index (χ2v) is 5.17. The fourth-order valence-electron chi connectivity index (χ4n) is 2.25. The quantitative estimate of drug-likeness (QED) is 0.268. The van der Waals surface area contributed by atoms with Crippen LogP contribution in [-0.2, 0) is 23.8 Å². The third-order valence-electron chi connectivity index (χ3n) is 3.59. The van der Waals surface area contributed by atoms with Crippen molar-refractivity contribution < 1.29 is 28.6 Å². The Hall–Kier alpha value is -2.34. The molecule has 0 spiro atoms. The van der Waals surface area contributed by atoms with Gasteiger partial charge in [0.25, 0.3) is 0 Å². The number of ether oxygens (including phenoxy) is 3. The Morgan fingerprint density at radius 1 is 1.30 bits per heavy atom. The second kappa shape index (κ2) is 7.28. The molecule has 1 heterocycles. The summed E-state index contributed by atoms with van der Waals surface area (Å²) in [6.45, 7) is 3.51. The molecule has 1 saturated heterocycles. The Morgan fingerprint density at radius 2 is 1.91 bits per heavy atom. The highest BCUT2D eigenvalue weighted by Crippen LogP contribution is 2.28. The number of hydrogen-bond donors (Lipinski definition) is 0. The van der Waals surface area contributed by atoms with Gasteiger partial charge in [0.05, 0.1) is 19.8 Å². The van der Waals surface area contributed by atoms with Crippen molar-refractivity contribution >= 4 is 17.5 Å². The van der Waals surface area contributed by atoms with Crippen LogP contribution in [0.2, 0.25) is 0 Å². The van der Waals surface area contributed by atoms with Gasteiger partial charge in [-0.3, -0.25) is 4.79 Å². The van der Waals surface area contributed by atoms with Crippen LogP contribution in [0.3, 0.4) is 0 Å². The van der Waals surface area contributed by atoms with Crippen molar-refractivity contribution in [3.63, 3.8) is 0 Å². The molecule has 0 unspecified atom stereocenters. The zero-order valence-corrected chi connectivity index (χ0v) is 13.0. The van der Waals surface area contributed by atoms with Crippen LogP contribution in [0.15, 0.2) is 30.3 Å². The van der Waals surface area contributed by atoms with Crippen LogP contribution in [-0.4, -0.2) is 47.9 Å². The molecular formula is C16H18N2O5. The van der Waals surface area contributed by atoms with Crippen LogP contribution < -0.4 is 0 Å². The molecule has 0 aromatic heterocycles. The van der Waals surface area contributed by atoms with Gasteiger partial charge in [0.15, 0.2) is 0 Å². The summed E-state index contributed by atoms with van der Waals surface area (Å²) in [7, 11) is 0. The maximum absolute atomic E-state index is 12.4. The van der Waals surface area contributed by atoms with Gasteiger partial charge in [-0.15, -0.1) is 0 Å². The summed E-state index contributed by atoms with van der Waals surface area (Å²) in [6.07, 6.45) is 0. The van der Waals surface area contributed by atoms with E-state index in [0.717, 1.165) is 5.56 Å². The van der Waals surface area contributed by atoms with Crippen LogP contribution in [0.1, 0.15) is 25.3 Å². The molecular weight excluding hydrogens is 300 g/mol. The van der Waals surface area contributed by atoms with E-state index in [4.69, 9.17) is 15.0 Å². The van der Waals surface area contributed by atoms with Crippen LogP contribution in [0.25, 0.3) is 5.53 Å². The van der Waals surface area contributed by atoms with E-state index in [2.05, 4.69) is 9.53 Å². The van der Waals surface area contributed by atoms with E-state index in [1.54, 1.807) is 6.92 Å². The molecule has 0 bridgehead atoms. The standard InChI is InChI=1S/C16H18N2O5/c1-3-21-15(20)13(18-17)14(19)16(2)22-9-12(10-23-16)11-7-5-4-6-8-11/h4-8,12H,3,9-10H2,1-2H3. The van der Waals surface area contributed by atoms with Crippen molar-refractivity contribution in [3.8, 4) is 0 Å². The molecule has 1 aromatic carbocycles. The maximum atomic E-state index is 12.4. The minimum atomic E-state index is -1.68. The molecule has 122 valence electrons. The fourth-order valence-corrected chi connectivity index (χ4v) is 2.25. The van der Waals surface area contributed by atoms with Crippen molar-refractivity contribution in [2.75, 3.05) is 19.8 Å². The molecule has 0 N–H and O–H groups in total. The number of ketones is 1. The topological polar surface area (TPSA) is 98.2 Å². The van der Waals surface area contributed by atoms with E-state index in [1.807, 2.05) is 30.3 Å². The first-order chi connectivity index (χ1) is 11.0. The second-order valence-electron chi connectivity index (χ2n) is 5.17. The summed E-state index contributed by atoms with van der Waals surface area (Å²) >= 11 is 0. The molecule has 7 heteroatoms. The highest BCUT2D eigenvalue weighted by molar-refractivity contribution is 6.63. The van der Waals surface area contributed by atoms with Gasteiger partial charge >= 0.3 is 17.5 Å². The molecule has 0 radical (unpaired) electrons. The van der Waals surface area contributed by atoms with Gasteiger partial charge in [-0.1, -0.05) is 30.3 Å². The number of hydrogen-bond acceptors (Lipinski definition) is 5. The number of rotatable bonds is 5. The molecule has 0 amide bonds. The highest BCUT2D eigenvalue weighted by atomic mass is 16.7. The number of Topliss-reactive ketones (excluding diaryl/α,β-unsaturated/α-hetero) is 1. The predicted molar refractivity (Wildman–Crippen MR) is 79.8 cm³/mol. The van der Waals surface area contributed by atoms with Crippen molar-refractivity contribution in [1.29, 1.82) is 0 Å². The molecule has 0 aliphatic carbocycles. The largest absolute Gasteiger partial charge is 0.457 e. The van der Waals surface area contributed by atoms with Gasteiger partial charge < -0.3 is 19.7 Å². The Morgan fingerprint density at radius 3 is 2.43 bits per heavy atom. The molecule has 0 saturated carbocycles. The molecule has 23 heavy (non-hydrogen) atoms. The number of nitrogens with zero attached hydrogens (tertiary/aromatic N) is 2. The van der Waals surface area contributed by atoms with Crippen LogP contribution in [0, 0.1) is 0 Å². The van der Waals surface area contributed by atoms with E-state index in [0.29, 0.717) is 0 Å². The summed E-state index contributed by atoms with van der Waals surface area (Å²) in [5.41, 5.74) is 9.21. The lowest BCUT2D eigenvalue weighted by atomic mass is 9.98. The minimum Gasteiger partial charge on any atom is -0.457 e. The summed E-state index contributed by atoms with van der Waals surface area (Å²) in [4.78, 5) is 26.7. The Kier molecular flexibility index (Phi) is 5.39. The Balaban J connectivity index is 2.08. The number of carbonyl (C=O) groups excluding carboxylic acids is 2. The Labute approximate surface area is 133 Å². The summed E-state index contributed by atoms with van der Waals surface area (Å²) in [5, 5.41) is 0. The number of benzene rings is 1. The third-order valence-corrected chi connectivity index (χ3v) is 3.59. The van der Waals surface area contributed by atoms with Gasteiger partial charge in [-0.2, -0.15) is 4.79 Å². The lowest BCUT2D eigenvalue weighted by molar-refractivity contribution is -0.246. The van der Waals surface area contributed by atoms with E-state index >= 15 is 0 Å². The normalized spacial score (nSPS) is 23.7. The fraction of sp³-hybridized carbons (Fsp3) is 0.438. The smallest absolute Gasteiger partial charge is 0.447 e. The van der Waals surface area contributed by atoms with E-state index in [9.17, 15) is 9.59 Å². The molecule has 1 fully saturated rings. The monoisotopic (exact) mass is 318 g/mol. The minimum absolute atomic E-state index is 0.0193. The van der Waals surface area contributed by atoms with Gasteiger partial charge in [0.1, 0.15) is 0 Å². The first-order valence-electron chi connectivity index (χ1n) is 7.28. The highest BCUT2D eigenvalue weighted by Gasteiger charge is 2.49. The van der Waals surface area contributed by atoms with Gasteiger partial charge in [-0.05, 0) is 19.4 Å². The van der Waals surface area contributed by atoms with Crippen LogP contribution >= 0.6 is 0 Å². The maximum Gasteiger partial charge on any atom is 0.447 e. The van der Waals surface area contributed by atoms with E-state index in [-0.39, 0.29) is 25.7 Å². The lowest BCUT2D eigenvalue weighted by Gasteiger charge is -2.35. The molecule has 1 aliphatic rings. The summed E-state index contributed by atoms with van der Waals surface area (Å²) in [5.74, 6) is -3.59. The Bertz CT molecular complexity index is 629. The first-order valence-corrected chi connectivity index (χ1v) is 7.28. The van der Waals surface area contributed by atoms with Crippen molar-refractivity contribution in [2.45, 2.75) is 25.6 Å². The molecule has 1 aliphatic heterocycles. The molecule has 2 rings (SSSR count). The van der Waals surface area contributed by atoms with Crippen molar-refractivity contribution in [1.82, 2.24) is 0 Å².